The molecule has 0 amide bonds. The maximum Gasteiger partial charge on any atom is 0.0397 e. The van der Waals surface area contributed by atoms with Crippen molar-refractivity contribution in [3.8, 4) is 0 Å². The molecule has 0 bridgehead atoms. The molecule has 1 heterocycles. The van der Waals surface area contributed by atoms with Crippen molar-refractivity contribution in [1.82, 2.24) is 4.90 Å². The Morgan fingerprint density at radius 3 is 2.22 bits per heavy atom. The normalized spacial score (nSPS) is 18.7. The third-order valence-corrected chi connectivity index (χ3v) is 2.73. The summed E-state index contributed by atoms with van der Waals surface area (Å²) in [4.78, 5) is 2.46. The van der Waals surface area contributed by atoms with Crippen molar-refractivity contribution < 1.29 is 0 Å². The summed E-state index contributed by atoms with van der Waals surface area (Å²) in [7, 11) is 0. The van der Waals surface area contributed by atoms with E-state index < -0.39 is 0 Å². The van der Waals surface area contributed by atoms with E-state index in [1.54, 1.807) is 0 Å². The molecule has 2 heteroatoms. The van der Waals surface area contributed by atoms with Crippen molar-refractivity contribution in [3.63, 3.8) is 0 Å². The van der Waals surface area contributed by atoms with E-state index in [0.717, 1.165) is 0 Å². The van der Waals surface area contributed by atoms with Gasteiger partial charge in [0, 0.05) is 18.3 Å². The SMILES string of the molecule is C=C/C=C1\C(=C/C)CCCN1C(C)C.CC.[CH3-].[Es]. The monoisotopic (exact) mass is 488 g/mol. The fourth-order valence-corrected chi connectivity index (χ4v) is 2.02. The smallest absolute Gasteiger partial charge is 0.0397 e. The average Bonchev–Trinajstić information content (AvgIpc) is 2.32. The molecule has 0 saturated carbocycles. The minimum absolute atomic E-state index is 0. The molecule has 1 radical (unpaired) electrons. The minimum Gasteiger partial charge on any atom is -0.369 e. The second-order valence-corrected chi connectivity index (χ2v) is 3.99. The number of piperidine rings is 1. The average molecular weight is 488 g/mol. The first-order chi connectivity index (χ1) is 7.70. The zero-order valence-electron chi connectivity index (χ0n) is 12.9. The molecule has 1 aliphatic rings. The number of likely N-dealkylation sites (tertiary alicyclic amines) is 1. The van der Waals surface area contributed by atoms with Crippen LogP contribution in [0.25, 0.3) is 0 Å². The van der Waals surface area contributed by atoms with Crippen molar-refractivity contribution in [3.05, 3.63) is 43.5 Å². The van der Waals surface area contributed by atoms with E-state index in [9.17, 15) is 0 Å². The Balaban J connectivity index is -0.000000534. The molecule has 0 atom stereocenters. The second kappa shape index (κ2) is 11.5. The molecule has 0 unspecified atom stereocenters. The molecule has 1 aliphatic heterocycles. The van der Waals surface area contributed by atoms with Crippen LogP contribution in [0, 0.1) is 7.43 Å². The summed E-state index contributed by atoms with van der Waals surface area (Å²) in [5.74, 6) is 0. The fourth-order valence-electron chi connectivity index (χ4n) is 2.02. The van der Waals surface area contributed by atoms with Crippen LogP contribution >= 0.6 is 0 Å². The Labute approximate surface area is 109 Å². The maximum absolute atomic E-state index is 3.79. The van der Waals surface area contributed by atoms with Gasteiger partial charge in [-0.1, -0.05) is 32.6 Å². The van der Waals surface area contributed by atoms with Gasteiger partial charge < -0.3 is 12.3 Å². The topological polar surface area (TPSA) is 3.24 Å². The summed E-state index contributed by atoms with van der Waals surface area (Å²) in [5, 5.41) is 0. The van der Waals surface area contributed by atoms with Gasteiger partial charge >= 0.3 is 0 Å². The molecule has 0 aromatic heterocycles. The first kappa shape index (κ1) is 21.3. The quantitative estimate of drug-likeness (QED) is 0.496. The predicted octanol–water partition coefficient (Wildman–Crippen LogP) is 4.98. The number of rotatable bonds is 2. The summed E-state index contributed by atoms with van der Waals surface area (Å²) < 4.78 is 0. The summed E-state index contributed by atoms with van der Waals surface area (Å²) in [6, 6.07) is 0.580. The molecule has 1 rings (SSSR count). The fraction of sp³-hybridized carbons (Fsp3) is 0.562. The van der Waals surface area contributed by atoms with Gasteiger partial charge in [0.1, 0.15) is 0 Å². The first-order valence-electron chi connectivity index (χ1n) is 6.45. The van der Waals surface area contributed by atoms with Crippen LogP contribution in [0.3, 0.4) is 0 Å². The van der Waals surface area contributed by atoms with Crippen molar-refractivity contribution >= 4 is 0 Å². The molecule has 0 N–H and O–H groups in total. The van der Waals surface area contributed by atoms with Gasteiger partial charge in [-0.2, -0.15) is 0 Å². The van der Waals surface area contributed by atoms with Gasteiger partial charge in [-0.25, -0.2) is 0 Å². The van der Waals surface area contributed by atoms with Crippen LogP contribution in [0.15, 0.2) is 36.1 Å². The first-order valence-corrected chi connectivity index (χ1v) is 6.45. The summed E-state index contributed by atoms with van der Waals surface area (Å²) in [6.07, 6.45) is 8.73. The van der Waals surface area contributed by atoms with Gasteiger partial charge in [-0.15, -0.1) is 0 Å². The van der Waals surface area contributed by atoms with Crippen molar-refractivity contribution in [2.24, 2.45) is 0 Å². The molecule has 0 spiro atoms. The number of nitrogens with zero attached hydrogens (tertiary/aromatic N) is 1. The molecule has 18 heavy (non-hydrogen) atoms. The minimum atomic E-state index is 0. The zero-order valence-corrected chi connectivity index (χ0v) is 15.4. The number of hydrogen-bond acceptors (Lipinski definition) is 1. The van der Waals surface area contributed by atoms with Crippen molar-refractivity contribution in [2.75, 3.05) is 6.54 Å². The maximum atomic E-state index is 3.79. The van der Waals surface area contributed by atoms with Crippen LogP contribution in [-0.2, 0) is 0 Å². The summed E-state index contributed by atoms with van der Waals surface area (Å²) in [5.41, 5.74) is 2.83. The third kappa shape index (κ3) is 5.38. The largest absolute Gasteiger partial charge is 0.369 e. The van der Waals surface area contributed by atoms with Gasteiger partial charge in [-0.3, -0.25) is 0 Å². The standard InChI is InChI=1S/C13H21N.C2H6.CH3.Es/c1-5-8-13-12(6-2)9-7-10-14(13)11(3)4;1-2;;/h5-6,8,11H,1,7,9-10H2,2-4H3;1-2H3;1H3;/q;;-1;/b12-6-,13-8+;;;. The van der Waals surface area contributed by atoms with Gasteiger partial charge in [0.05, 0.1) is 0 Å². The third-order valence-electron chi connectivity index (χ3n) is 2.73. The second-order valence-electron chi connectivity index (χ2n) is 3.99. The van der Waals surface area contributed by atoms with Crippen LogP contribution < -0.4 is 0 Å². The Morgan fingerprint density at radius 1 is 1.28 bits per heavy atom. The summed E-state index contributed by atoms with van der Waals surface area (Å²) in [6.45, 7) is 15.6. The van der Waals surface area contributed by atoms with Gasteiger partial charge in [-0.05, 0) is 45.3 Å². The van der Waals surface area contributed by atoms with E-state index in [0.29, 0.717) is 6.04 Å². The molecule has 0 aromatic carbocycles. The number of hydrogen-bond donors (Lipinski definition) is 0. The van der Waals surface area contributed by atoms with Crippen molar-refractivity contribution in [2.45, 2.75) is 53.5 Å². The molecule has 0 aromatic rings. The Kier molecular flexibility index (Phi) is 13.6. The van der Waals surface area contributed by atoms with E-state index in [2.05, 4.69) is 44.4 Å². The molecule has 0 aliphatic carbocycles. The number of allylic oxidation sites excluding steroid dienone is 4. The van der Waals surface area contributed by atoms with E-state index in [1.165, 1.54) is 30.7 Å². The van der Waals surface area contributed by atoms with Crippen LogP contribution in [0.4, 0.5) is 0 Å². The van der Waals surface area contributed by atoms with E-state index in [4.69, 9.17) is 0 Å². The molecular formula is C16H30EsN-. The Bertz CT molecular complexity index is 264. The van der Waals surface area contributed by atoms with Crippen LogP contribution in [0.5, 0.6) is 0 Å². The molecule has 1 saturated heterocycles. The zero-order chi connectivity index (χ0) is 12.6. The van der Waals surface area contributed by atoms with Crippen LogP contribution in [0.2, 0.25) is 0 Å². The van der Waals surface area contributed by atoms with Gasteiger partial charge in [0.25, 0.3) is 0 Å². The van der Waals surface area contributed by atoms with E-state index >= 15 is 0 Å². The molecule has 1 fully saturated rings. The van der Waals surface area contributed by atoms with Gasteiger partial charge in [0.15, 0.2) is 0 Å². The molecule has 1 nitrogen and oxygen atoms in total. The van der Waals surface area contributed by atoms with E-state index in [1.807, 2.05) is 19.9 Å². The predicted molar refractivity (Wildman–Crippen MR) is 80.9 cm³/mol. The Hall–Kier alpha value is -1.98. The molecule has 111 valence electrons. The Morgan fingerprint density at radius 2 is 1.83 bits per heavy atom. The summed E-state index contributed by atoms with van der Waals surface area (Å²) >= 11 is 0. The van der Waals surface area contributed by atoms with Crippen molar-refractivity contribution in [1.29, 1.82) is 0 Å². The van der Waals surface area contributed by atoms with E-state index in [-0.39, 0.29) is 7.43 Å². The van der Waals surface area contributed by atoms with Crippen LogP contribution in [0.1, 0.15) is 47.5 Å². The molecular weight excluding hydrogens is 458 g/mol. The van der Waals surface area contributed by atoms with Crippen LogP contribution in [-0.4, -0.2) is 17.5 Å². The van der Waals surface area contributed by atoms with Gasteiger partial charge in [0.2, 0.25) is 0 Å².